The number of nitrogens with zero attached hydrogens (tertiary/aromatic N) is 2. The first-order valence-electron chi connectivity index (χ1n) is 8.79. The van der Waals surface area contributed by atoms with Crippen LogP contribution < -0.4 is 4.90 Å². The van der Waals surface area contributed by atoms with Gasteiger partial charge in [-0.3, -0.25) is 10.1 Å². The monoisotopic (exact) mass is 388 g/mol. The van der Waals surface area contributed by atoms with Gasteiger partial charge in [-0.25, -0.2) is 9.59 Å². The number of nitro groups is 1. The number of hydrogen-bond donors (Lipinski definition) is 0. The average Bonchev–Trinajstić information content (AvgIpc) is 3.34. The lowest BCUT2D eigenvalue weighted by molar-refractivity contribution is -0.384. The van der Waals surface area contributed by atoms with Crippen LogP contribution in [0.25, 0.3) is 0 Å². The number of anilines is 1. The molecular formula is C19H20N2O7. The van der Waals surface area contributed by atoms with Crippen molar-refractivity contribution in [2.45, 2.75) is 26.4 Å². The lowest BCUT2D eigenvalue weighted by Crippen LogP contribution is -2.19. The number of carbonyl (C=O) groups is 2. The Morgan fingerprint density at radius 2 is 1.93 bits per heavy atom. The van der Waals surface area contributed by atoms with Gasteiger partial charge >= 0.3 is 11.9 Å². The zero-order chi connectivity index (χ0) is 20.3. The lowest BCUT2D eigenvalue weighted by atomic mass is 10.1. The van der Waals surface area contributed by atoms with Crippen LogP contribution in [-0.4, -0.2) is 37.1 Å². The molecule has 0 aliphatic carbocycles. The van der Waals surface area contributed by atoms with Gasteiger partial charge in [0.05, 0.1) is 17.6 Å². The number of rotatable bonds is 6. The molecule has 9 heteroatoms. The summed E-state index contributed by atoms with van der Waals surface area (Å²) < 4.78 is 15.2. The molecule has 1 fully saturated rings. The second-order valence-corrected chi connectivity index (χ2v) is 6.41. The van der Waals surface area contributed by atoms with E-state index in [0.717, 1.165) is 25.9 Å². The summed E-state index contributed by atoms with van der Waals surface area (Å²) in [5.74, 6) is -0.644. The zero-order valence-electron chi connectivity index (χ0n) is 15.6. The summed E-state index contributed by atoms with van der Waals surface area (Å²) in [5.41, 5.74) is 0.701. The summed E-state index contributed by atoms with van der Waals surface area (Å²) in [6.45, 7) is 2.90. The van der Waals surface area contributed by atoms with Crippen molar-refractivity contribution in [1.82, 2.24) is 0 Å². The Balaban J connectivity index is 1.73. The number of esters is 2. The first kappa shape index (κ1) is 19.4. The maximum atomic E-state index is 12.3. The van der Waals surface area contributed by atoms with E-state index in [9.17, 15) is 19.7 Å². The average molecular weight is 388 g/mol. The van der Waals surface area contributed by atoms with Gasteiger partial charge in [0, 0.05) is 19.2 Å². The van der Waals surface area contributed by atoms with Gasteiger partial charge in [-0.15, -0.1) is 0 Å². The van der Waals surface area contributed by atoms with Crippen LogP contribution in [0.3, 0.4) is 0 Å². The minimum atomic E-state index is -0.718. The summed E-state index contributed by atoms with van der Waals surface area (Å²) in [6, 6.07) is 5.75. The minimum absolute atomic E-state index is 0.0751. The maximum Gasteiger partial charge on any atom is 0.341 e. The van der Waals surface area contributed by atoms with Crippen molar-refractivity contribution in [2.24, 2.45) is 0 Å². The smallest absolute Gasteiger partial charge is 0.341 e. The molecule has 0 atom stereocenters. The molecule has 1 aromatic heterocycles. The predicted octanol–water partition coefficient (Wildman–Crippen LogP) is 3.24. The molecule has 3 rings (SSSR count). The van der Waals surface area contributed by atoms with E-state index in [1.807, 2.05) is 4.90 Å². The molecule has 0 bridgehead atoms. The molecule has 0 N–H and O–H groups in total. The van der Waals surface area contributed by atoms with Crippen LogP contribution in [-0.2, 0) is 16.1 Å². The van der Waals surface area contributed by atoms with Crippen molar-refractivity contribution in [3.05, 3.63) is 57.0 Å². The van der Waals surface area contributed by atoms with Crippen LogP contribution >= 0.6 is 0 Å². The fraction of sp³-hybridized carbons (Fsp3) is 0.368. The molecule has 1 aromatic carbocycles. The van der Waals surface area contributed by atoms with Gasteiger partial charge < -0.3 is 18.8 Å². The Morgan fingerprint density at radius 1 is 1.21 bits per heavy atom. The van der Waals surface area contributed by atoms with Crippen molar-refractivity contribution in [3.8, 4) is 0 Å². The Labute approximate surface area is 161 Å². The normalized spacial score (nSPS) is 13.4. The second kappa shape index (κ2) is 8.12. The van der Waals surface area contributed by atoms with E-state index in [2.05, 4.69) is 4.74 Å². The number of carbonyl (C=O) groups excluding carboxylic acids is 2. The van der Waals surface area contributed by atoms with Gasteiger partial charge in [-0.2, -0.15) is 0 Å². The van der Waals surface area contributed by atoms with Crippen LogP contribution in [0.2, 0.25) is 0 Å². The third-order valence-corrected chi connectivity index (χ3v) is 4.57. The van der Waals surface area contributed by atoms with E-state index in [-0.39, 0.29) is 29.2 Å². The van der Waals surface area contributed by atoms with Gasteiger partial charge in [0.1, 0.15) is 29.4 Å². The standard InChI is InChI=1S/C19H20N2O7/c1-12-15(19(23)26-2)10-14(28-12)11-27-18(22)13-5-6-16(17(9-13)21(24)25)20-7-3-4-8-20/h5-6,9-10H,3-4,7-8,11H2,1-2H3. The first-order valence-corrected chi connectivity index (χ1v) is 8.79. The third-order valence-electron chi connectivity index (χ3n) is 4.57. The Hall–Kier alpha value is -3.36. The van der Waals surface area contributed by atoms with Gasteiger partial charge in [0.15, 0.2) is 0 Å². The summed E-state index contributed by atoms with van der Waals surface area (Å²) in [6.07, 6.45) is 1.97. The van der Waals surface area contributed by atoms with Crippen molar-refractivity contribution in [1.29, 1.82) is 0 Å². The number of benzene rings is 1. The quantitative estimate of drug-likeness (QED) is 0.421. The number of furan rings is 1. The molecular weight excluding hydrogens is 368 g/mol. The highest BCUT2D eigenvalue weighted by molar-refractivity contribution is 5.92. The van der Waals surface area contributed by atoms with Crippen molar-refractivity contribution < 1.29 is 28.4 Å². The molecule has 1 saturated heterocycles. The fourth-order valence-electron chi connectivity index (χ4n) is 3.17. The second-order valence-electron chi connectivity index (χ2n) is 6.41. The molecule has 2 aromatic rings. The van der Waals surface area contributed by atoms with Gasteiger partial charge in [-0.05, 0) is 38.0 Å². The molecule has 1 aliphatic heterocycles. The highest BCUT2D eigenvalue weighted by atomic mass is 16.6. The SMILES string of the molecule is COC(=O)c1cc(COC(=O)c2ccc(N3CCCC3)c([N+](=O)[O-])c2)oc1C. The number of nitro benzene ring substituents is 1. The van der Waals surface area contributed by atoms with E-state index >= 15 is 0 Å². The molecule has 28 heavy (non-hydrogen) atoms. The predicted molar refractivity (Wildman–Crippen MR) is 98.4 cm³/mol. The highest BCUT2D eigenvalue weighted by Gasteiger charge is 2.24. The summed E-state index contributed by atoms with van der Waals surface area (Å²) in [7, 11) is 1.26. The van der Waals surface area contributed by atoms with E-state index in [4.69, 9.17) is 9.15 Å². The van der Waals surface area contributed by atoms with Gasteiger partial charge in [0.25, 0.3) is 5.69 Å². The highest BCUT2D eigenvalue weighted by Crippen LogP contribution is 2.32. The van der Waals surface area contributed by atoms with E-state index in [0.29, 0.717) is 11.4 Å². The molecule has 1 aliphatic rings. The molecule has 0 saturated carbocycles. The number of methoxy groups -OCH3 is 1. The first-order chi connectivity index (χ1) is 13.4. The third kappa shape index (κ3) is 3.98. The van der Waals surface area contributed by atoms with Crippen molar-refractivity contribution in [2.75, 3.05) is 25.1 Å². The van der Waals surface area contributed by atoms with Crippen molar-refractivity contribution >= 4 is 23.3 Å². The molecule has 148 valence electrons. The molecule has 0 spiro atoms. The Bertz CT molecular complexity index is 913. The van der Waals surface area contributed by atoms with Gasteiger partial charge in [0.2, 0.25) is 0 Å². The molecule has 2 heterocycles. The van der Waals surface area contributed by atoms with E-state index in [1.165, 1.54) is 25.3 Å². The molecule has 0 radical (unpaired) electrons. The number of hydrogen-bond acceptors (Lipinski definition) is 8. The largest absolute Gasteiger partial charge is 0.465 e. The topological polar surface area (TPSA) is 112 Å². The molecule has 0 unspecified atom stereocenters. The summed E-state index contributed by atoms with van der Waals surface area (Å²) in [5, 5.41) is 11.4. The number of aryl methyl sites for hydroxylation is 1. The molecule has 0 amide bonds. The van der Waals surface area contributed by atoms with E-state index < -0.39 is 16.9 Å². The fourth-order valence-corrected chi connectivity index (χ4v) is 3.17. The van der Waals surface area contributed by atoms with E-state index in [1.54, 1.807) is 13.0 Å². The van der Waals surface area contributed by atoms with Gasteiger partial charge in [-0.1, -0.05) is 0 Å². The molecule has 9 nitrogen and oxygen atoms in total. The minimum Gasteiger partial charge on any atom is -0.465 e. The zero-order valence-corrected chi connectivity index (χ0v) is 15.6. The Kier molecular flexibility index (Phi) is 5.62. The Morgan fingerprint density at radius 3 is 2.57 bits per heavy atom. The van der Waals surface area contributed by atoms with Crippen LogP contribution in [0.15, 0.2) is 28.7 Å². The van der Waals surface area contributed by atoms with Crippen LogP contribution in [0.4, 0.5) is 11.4 Å². The number of ether oxygens (including phenoxy) is 2. The lowest BCUT2D eigenvalue weighted by Gasteiger charge is -2.17. The summed E-state index contributed by atoms with van der Waals surface area (Å²) in [4.78, 5) is 36.8. The maximum absolute atomic E-state index is 12.3. The summed E-state index contributed by atoms with van der Waals surface area (Å²) >= 11 is 0. The van der Waals surface area contributed by atoms with Crippen LogP contribution in [0.1, 0.15) is 45.1 Å². The van der Waals surface area contributed by atoms with Crippen LogP contribution in [0.5, 0.6) is 0 Å². The van der Waals surface area contributed by atoms with Crippen molar-refractivity contribution in [3.63, 3.8) is 0 Å². The van der Waals surface area contributed by atoms with Crippen LogP contribution in [0, 0.1) is 17.0 Å².